The summed E-state index contributed by atoms with van der Waals surface area (Å²) in [5, 5.41) is 13.3. The van der Waals surface area contributed by atoms with Crippen molar-refractivity contribution in [3.05, 3.63) is 90.3 Å². The molecule has 0 heterocycles. The number of hydrogen-bond donors (Lipinski definition) is 1. The van der Waals surface area contributed by atoms with Gasteiger partial charge in [-0.1, -0.05) is 67.2 Å². The van der Waals surface area contributed by atoms with Crippen molar-refractivity contribution in [2.24, 2.45) is 0 Å². The van der Waals surface area contributed by atoms with E-state index >= 15 is 0 Å². The fourth-order valence-electron chi connectivity index (χ4n) is 2.91. The summed E-state index contributed by atoms with van der Waals surface area (Å²) in [6.07, 6.45) is 1.49. The fraction of sp³-hybridized carbons (Fsp3) is 0.120. The number of halogens is 4. The van der Waals surface area contributed by atoms with E-state index in [1.54, 1.807) is 48.5 Å². The summed E-state index contributed by atoms with van der Waals surface area (Å²) >= 11 is 19.0. The summed E-state index contributed by atoms with van der Waals surface area (Å²) in [5.41, 5.74) is 1.86. The molecule has 0 fully saturated rings. The number of benzene rings is 3. The Kier molecular flexibility index (Phi) is 9.43. The monoisotopic (exact) mass is 622 g/mol. The van der Waals surface area contributed by atoms with Crippen LogP contribution in [0.4, 0.5) is 5.69 Å². The molecule has 0 bridgehead atoms. The topological polar surface area (TPSA) is 71.3 Å². The van der Waals surface area contributed by atoms with Gasteiger partial charge >= 0.3 is 0 Å². The predicted molar refractivity (Wildman–Crippen MR) is 142 cm³/mol. The maximum Gasteiger partial charge on any atom is 0.266 e. The molecule has 34 heavy (non-hydrogen) atoms. The molecule has 3 rings (SSSR count). The summed E-state index contributed by atoms with van der Waals surface area (Å²) in [7, 11) is 0. The van der Waals surface area contributed by atoms with Crippen LogP contribution < -0.4 is 14.8 Å². The number of rotatable bonds is 8. The van der Waals surface area contributed by atoms with Gasteiger partial charge in [-0.25, -0.2) is 0 Å². The number of hydrogen-bond acceptors (Lipinski definition) is 4. The van der Waals surface area contributed by atoms with Crippen molar-refractivity contribution in [2.45, 2.75) is 13.5 Å². The smallest absolute Gasteiger partial charge is 0.266 e. The molecule has 9 heteroatoms. The van der Waals surface area contributed by atoms with Gasteiger partial charge in [0.1, 0.15) is 18.2 Å². The SMILES string of the molecule is CCOc1cc(/C=C(/C#N)C(=O)Nc2cccc(Br)c2)c(Br)cc1OCc1ccc(Cl)cc1Cl. The highest BCUT2D eigenvalue weighted by Crippen LogP contribution is 2.36. The summed E-state index contributed by atoms with van der Waals surface area (Å²) in [5.74, 6) is 0.420. The van der Waals surface area contributed by atoms with Crippen molar-refractivity contribution in [2.75, 3.05) is 11.9 Å². The van der Waals surface area contributed by atoms with Crippen LogP contribution in [-0.2, 0) is 11.4 Å². The lowest BCUT2D eigenvalue weighted by Gasteiger charge is -2.15. The van der Waals surface area contributed by atoms with Gasteiger partial charge in [0.2, 0.25) is 0 Å². The first-order valence-electron chi connectivity index (χ1n) is 10.0. The van der Waals surface area contributed by atoms with Crippen LogP contribution in [-0.4, -0.2) is 12.5 Å². The molecule has 0 aliphatic carbocycles. The zero-order chi connectivity index (χ0) is 24.7. The van der Waals surface area contributed by atoms with Gasteiger partial charge in [0.15, 0.2) is 11.5 Å². The number of anilines is 1. The van der Waals surface area contributed by atoms with Crippen molar-refractivity contribution in [3.63, 3.8) is 0 Å². The quantitative estimate of drug-likeness (QED) is 0.203. The molecule has 0 aliphatic rings. The third-order valence-corrected chi connectivity index (χ3v) is 6.28. The highest BCUT2D eigenvalue weighted by Gasteiger charge is 2.15. The second-order valence-corrected chi connectivity index (χ2v) is 9.53. The maximum atomic E-state index is 12.7. The van der Waals surface area contributed by atoms with Gasteiger partial charge in [0.25, 0.3) is 5.91 Å². The second-order valence-electron chi connectivity index (χ2n) is 6.91. The summed E-state index contributed by atoms with van der Waals surface area (Å²) in [4.78, 5) is 12.7. The number of nitrogens with zero attached hydrogens (tertiary/aromatic N) is 1. The Hall–Kier alpha value is -2.50. The number of nitrogens with one attached hydrogen (secondary N) is 1. The van der Waals surface area contributed by atoms with Gasteiger partial charge in [0, 0.05) is 30.2 Å². The first kappa shape index (κ1) is 26.1. The molecular weight excluding hydrogens is 607 g/mol. The molecule has 0 saturated heterocycles. The van der Waals surface area contributed by atoms with Gasteiger partial charge in [-0.2, -0.15) is 5.26 Å². The van der Waals surface area contributed by atoms with E-state index in [4.69, 9.17) is 32.7 Å². The number of amides is 1. The molecule has 3 aromatic carbocycles. The van der Waals surface area contributed by atoms with Crippen molar-refractivity contribution in [1.82, 2.24) is 0 Å². The molecule has 3 aromatic rings. The van der Waals surface area contributed by atoms with E-state index < -0.39 is 5.91 Å². The van der Waals surface area contributed by atoms with Crippen molar-refractivity contribution in [1.29, 1.82) is 5.26 Å². The molecule has 0 spiro atoms. The highest BCUT2D eigenvalue weighted by atomic mass is 79.9. The summed E-state index contributed by atoms with van der Waals surface area (Å²) in [6, 6.07) is 17.7. The van der Waals surface area contributed by atoms with E-state index in [9.17, 15) is 10.1 Å². The van der Waals surface area contributed by atoms with Crippen molar-refractivity contribution < 1.29 is 14.3 Å². The zero-order valence-electron chi connectivity index (χ0n) is 17.9. The normalized spacial score (nSPS) is 11.0. The number of carbonyl (C=O) groups excluding carboxylic acids is 1. The van der Waals surface area contributed by atoms with Crippen LogP contribution in [0.15, 0.2) is 69.1 Å². The second kappa shape index (κ2) is 12.3. The number of carbonyl (C=O) groups is 1. The van der Waals surface area contributed by atoms with Crippen LogP contribution >= 0.6 is 55.1 Å². The van der Waals surface area contributed by atoms with E-state index in [1.165, 1.54) is 6.08 Å². The standard InChI is InChI=1S/C25H18Br2Cl2N2O3/c1-2-33-23-9-16(8-17(13-30)25(32)31-20-5-3-4-18(26)10-20)21(27)12-24(23)34-14-15-6-7-19(28)11-22(15)29/h3-12H,2,14H2,1H3,(H,31,32)/b17-8-. The molecule has 0 saturated carbocycles. The molecular formula is C25H18Br2Cl2N2O3. The minimum atomic E-state index is -0.525. The van der Waals surface area contributed by atoms with E-state index in [0.29, 0.717) is 43.9 Å². The molecule has 1 amide bonds. The van der Waals surface area contributed by atoms with E-state index in [1.807, 2.05) is 19.1 Å². The van der Waals surface area contributed by atoms with Gasteiger partial charge in [-0.15, -0.1) is 0 Å². The van der Waals surface area contributed by atoms with E-state index in [0.717, 1.165) is 10.0 Å². The Bertz CT molecular complexity index is 1290. The molecule has 5 nitrogen and oxygen atoms in total. The predicted octanol–water partition coefficient (Wildman–Crippen LogP) is 8.04. The first-order chi connectivity index (χ1) is 16.3. The Morgan fingerprint density at radius 1 is 1.09 bits per heavy atom. The maximum absolute atomic E-state index is 12.7. The Balaban J connectivity index is 1.86. The Labute approximate surface area is 224 Å². The van der Waals surface area contributed by atoms with Crippen LogP contribution in [0, 0.1) is 11.3 Å². The lowest BCUT2D eigenvalue weighted by molar-refractivity contribution is -0.112. The molecule has 174 valence electrons. The van der Waals surface area contributed by atoms with Crippen molar-refractivity contribution >= 4 is 72.7 Å². The molecule has 0 atom stereocenters. The largest absolute Gasteiger partial charge is 0.490 e. The molecule has 0 aromatic heterocycles. The molecule has 0 unspecified atom stereocenters. The molecule has 0 aliphatic heterocycles. The molecule has 1 N–H and O–H groups in total. The minimum Gasteiger partial charge on any atom is -0.490 e. The van der Waals surface area contributed by atoms with Crippen LogP contribution in [0.2, 0.25) is 10.0 Å². The number of ether oxygens (including phenoxy) is 2. The Morgan fingerprint density at radius 3 is 2.53 bits per heavy atom. The lowest BCUT2D eigenvalue weighted by atomic mass is 10.1. The van der Waals surface area contributed by atoms with Gasteiger partial charge < -0.3 is 14.8 Å². The fourth-order valence-corrected chi connectivity index (χ4v) is 4.20. The summed E-state index contributed by atoms with van der Waals surface area (Å²) < 4.78 is 13.1. The van der Waals surface area contributed by atoms with Gasteiger partial charge in [-0.3, -0.25) is 4.79 Å². The number of nitriles is 1. The van der Waals surface area contributed by atoms with Crippen LogP contribution in [0.25, 0.3) is 6.08 Å². The Morgan fingerprint density at radius 2 is 1.85 bits per heavy atom. The van der Waals surface area contributed by atoms with Gasteiger partial charge in [0.05, 0.1) is 6.61 Å². The lowest BCUT2D eigenvalue weighted by Crippen LogP contribution is -2.13. The third-order valence-electron chi connectivity index (χ3n) is 4.51. The first-order valence-corrected chi connectivity index (χ1v) is 12.4. The average Bonchev–Trinajstić information content (AvgIpc) is 2.79. The van der Waals surface area contributed by atoms with E-state index in [2.05, 4.69) is 37.2 Å². The summed E-state index contributed by atoms with van der Waals surface area (Å²) in [6.45, 7) is 2.46. The van der Waals surface area contributed by atoms with Crippen LogP contribution in [0.3, 0.4) is 0 Å². The van der Waals surface area contributed by atoms with Crippen LogP contribution in [0.5, 0.6) is 11.5 Å². The van der Waals surface area contributed by atoms with Crippen LogP contribution in [0.1, 0.15) is 18.1 Å². The molecule has 0 radical (unpaired) electrons. The third kappa shape index (κ3) is 7.00. The average molecular weight is 625 g/mol. The minimum absolute atomic E-state index is 0.0651. The van der Waals surface area contributed by atoms with E-state index in [-0.39, 0.29) is 12.2 Å². The van der Waals surface area contributed by atoms with Crippen molar-refractivity contribution in [3.8, 4) is 17.6 Å². The highest BCUT2D eigenvalue weighted by molar-refractivity contribution is 9.10. The zero-order valence-corrected chi connectivity index (χ0v) is 22.6. The van der Waals surface area contributed by atoms with Gasteiger partial charge in [-0.05, 0) is 61.0 Å².